The van der Waals surface area contributed by atoms with E-state index in [2.05, 4.69) is 10.1 Å². The van der Waals surface area contributed by atoms with Gasteiger partial charge in [0.1, 0.15) is 11.0 Å². The van der Waals surface area contributed by atoms with Gasteiger partial charge in [-0.1, -0.05) is 5.16 Å². The standard InChI is InChI=1S/C12H12N4O5/c1-7-13-11(21-14-7)8-3-2-6-15(8)12(17)9-4-5-10(20-9)16(18)19/h4-5,8H,2-3,6H2,1H3. The number of hydrogen-bond acceptors (Lipinski definition) is 7. The molecule has 2 aromatic rings. The Hall–Kier alpha value is -2.71. The predicted molar refractivity (Wildman–Crippen MR) is 67.4 cm³/mol. The van der Waals surface area contributed by atoms with Crippen molar-refractivity contribution in [3.8, 4) is 0 Å². The van der Waals surface area contributed by atoms with Crippen LogP contribution in [-0.2, 0) is 0 Å². The SMILES string of the molecule is Cc1noc(C2CCCN2C(=O)c2ccc([N+](=O)[O-])o2)n1. The number of likely N-dealkylation sites (tertiary alicyclic amines) is 1. The Morgan fingerprint density at radius 3 is 2.95 bits per heavy atom. The summed E-state index contributed by atoms with van der Waals surface area (Å²) in [5.41, 5.74) is 0. The zero-order chi connectivity index (χ0) is 15.0. The van der Waals surface area contributed by atoms with E-state index in [-0.39, 0.29) is 11.8 Å². The van der Waals surface area contributed by atoms with Gasteiger partial charge in [-0.05, 0) is 25.8 Å². The molecule has 1 amide bonds. The summed E-state index contributed by atoms with van der Waals surface area (Å²) in [7, 11) is 0. The molecule has 21 heavy (non-hydrogen) atoms. The number of nitrogens with zero attached hydrogens (tertiary/aromatic N) is 4. The molecular weight excluding hydrogens is 280 g/mol. The number of nitro groups is 1. The van der Waals surface area contributed by atoms with E-state index >= 15 is 0 Å². The predicted octanol–water partition coefficient (Wildman–Crippen LogP) is 1.86. The Kier molecular flexibility index (Phi) is 3.16. The highest BCUT2D eigenvalue weighted by molar-refractivity contribution is 5.92. The van der Waals surface area contributed by atoms with Gasteiger partial charge in [0.05, 0.1) is 6.07 Å². The van der Waals surface area contributed by atoms with Crippen LogP contribution in [0.1, 0.15) is 41.2 Å². The average molecular weight is 292 g/mol. The topological polar surface area (TPSA) is 116 Å². The molecule has 1 aliphatic heterocycles. The molecule has 1 saturated heterocycles. The molecule has 9 heteroatoms. The van der Waals surface area contributed by atoms with Crippen molar-refractivity contribution in [2.45, 2.75) is 25.8 Å². The first-order valence-corrected chi connectivity index (χ1v) is 6.41. The van der Waals surface area contributed by atoms with Gasteiger partial charge in [-0.25, -0.2) is 0 Å². The van der Waals surface area contributed by atoms with Gasteiger partial charge in [-0.3, -0.25) is 14.9 Å². The van der Waals surface area contributed by atoms with Gasteiger partial charge in [0.25, 0.3) is 5.91 Å². The molecule has 0 saturated carbocycles. The van der Waals surface area contributed by atoms with Crippen molar-refractivity contribution in [1.29, 1.82) is 0 Å². The van der Waals surface area contributed by atoms with Crippen LogP contribution in [-0.4, -0.2) is 32.4 Å². The Morgan fingerprint density at radius 1 is 1.52 bits per heavy atom. The van der Waals surface area contributed by atoms with Gasteiger partial charge in [0, 0.05) is 6.54 Å². The van der Waals surface area contributed by atoms with Gasteiger partial charge in [0.15, 0.2) is 11.6 Å². The molecule has 3 heterocycles. The van der Waals surface area contributed by atoms with E-state index in [1.807, 2.05) is 0 Å². The summed E-state index contributed by atoms with van der Waals surface area (Å²) in [5, 5.41) is 14.3. The molecule has 110 valence electrons. The number of amides is 1. The Labute approximate surface area is 118 Å². The van der Waals surface area contributed by atoms with Crippen LogP contribution in [0.15, 0.2) is 21.1 Å². The molecule has 2 aromatic heterocycles. The molecule has 1 unspecified atom stereocenters. The summed E-state index contributed by atoms with van der Waals surface area (Å²) in [4.78, 5) is 28.0. The minimum absolute atomic E-state index is 0.0650. The van der Waals surface area contributed by atoms with E-state index in [9.17, 15) is 14.9 Å². The van der Waals surface area contributed by atoms with Gasteiger partial charge >= 0.3 is 5.88 Å². The summed E-state index contributed by atoms with van der Waals surface area (Å²) in [6.45, 7) is 2.21. The van der Waals surface area contributed by atoms with Crippen molar-refractivity contribution in [3.63, 3.8) is 0 Å². The first-order chi connectivity index (χ1) is 10.1. The van der Waals surface area contributed by atoms with Gasteiger partial charge in [-0.15, -0.1) is 0 Å². The lowest BCUT2D eigenvalue weighted by Gasteiger charge is -2.20. The van der Waals surface area contributed by atoms with Crippen LogP contribution in [0.4, 0.5) is 5.88 Å². The zero-order valence-corrected chi connectivity index (χ0v) is 11.2. The lowest BCUT2D eigenvalue weighted by atomic mass is 10.2. The molecule has 9 nitrogen and oxygen atoms in total. The summed E-state index contributed by atoms with van der Waals surface area (Å²) >= 11 is 0. The summed E-state index contributed by atoms with van der Waals surface area (Å²) < 4.78 is 10.1. The van der Waals surface area contributed by atoms with E-state index < -0.39 is 16.7 Å². The van der Waals surface area contributed by atoms with Crippen LogP contribution in [0.5, 0.6) is 0 Å². The summed E-state index contributed by atoms with van der Waals surface area (Å²) in [6.07, 6.45) is 1.50. The van der Waals surface area contributed by atoms with Gasteiger partial charge in [-0.2, -0.15) is 4.98 Å². The van der Waals surface area contributed by atoms with Crippen molar-refractivity contribution >= 4 is 11.8 Å². The Morgan fingerprint density at radius 2 is 2.33 bits per heavy atom. The van der Waals surface area contributed by atoms with Crippen LogP contribution in [0.3, 0.4) is 0 Å². The smallest absolute Gasteiger partial charge is 0.395 e. The molecule has 1 atom stereocenters. The number of furan rings is 1. The fourth-order valence-corrected chi connectivity index (χ4v) is 2.40. The normalized spacial score (nSPS) is 18.1. The third-order valence-electron chi connectivity index (χ3n) is 3.32. The monoisotopic (exact) mass is 292 g/mol. The Bertz CT molecular complexity index is 691. The number of rotatable bonds is 3. The van der Waals surface area contributed by atoms with Crippen LogP contribution < -0.4 is 0 Å². The first kappa shape index (κ1) is 13.3. The lowest BCUT2D eigenvalue weighted by Crippen LogP contribution is -2.30. The molecule has 0 aliphatic carbocycles. The van der Waals surface area contributed by atoms with E-state index in [1.165, 1.54) is 11.0 Å². The quantitative estimate of drug-likeness (QED) is 0.626. The maximum absolute atomic E-state index is 12.4. The van der Waals surface area contributed by atoms with Crippen molar-refractivity contribution < 1.29 is 18.7 Å². The third kappa shape index (κ3) is 2.37. The fourth-order valence-electron chi connectivity index (χ4n) is 2.40. The zero-order valence-electron chi connectivity index (χ0n) is 11.2. The number of aryl methyl sites for hydroxylation is 1. The maximum atomic E-state index is 12.4. The second-order valence-corrected chi connectivity index (χ2v) is 4.73. The second kappa shape index (κ2) is 5.00. The van der Waals surface area contributed by atoms with E-state index in [4.69, 9.17) is 8.94 Å². The van der Waals surface area contributed by atoms with E-state index in [0.29, 0.717) is 24.7 Å². The van der Waals surface area contributed by atoms with Crippen LogP contribution >= 0.6 is 0 Å². The highest BCUT2D eigenvalue weighted by atomic mass is 16.6. The summed E-state index contributed by atoms with van der Waals surface area (Å²) in [5.74, 6) is -0.0636. The minimum Gasteiger partial charge on any atom is -0.395 e. The van der Waals surface area contributed by atoms with Gasteiger partial charge in [0.2, 0.25) is 5.89 Å². The Balaban J connectivity index is 1.84. The first-order valence-electron chi connectivity index (χ1n) is 6.41. The maximum Gasteiger partial charge on any atom is 0.433 e. The van der Waals surface area contributed by atoms with E-state index in [1.54, 1.807) is 6.92 Å². The van der Waals surface area contributed by atoms with Crippen LogP contribution in [0.25, 0.3) is 0 Å². The number of aromatic nitrogens is 2. The van der Waals surface area contributed by atoms with Crippen molar-refractivity contribution in [2.75, 3.05) is 6.54 Å². The fraction of sp³-hybridized carbons (Fsp3) is 0.417. The van der Waals surface area contributed by atoms with Crippen molar-refractivity contribution in [2.24, 2.45) is 0 Å². The van der Waals surface area contributed by atoms with Crippen molar-refractivity contribution in [3.05, 3.63) is 39.7 Å². The highest BCUT2D eigenvalue weighted by Gasteiger charge is 2.36. The van der Waals surface area contributed by atoms with E-state index in [0.717, 1.165) is 12.5 Å². The minimum atomic E-state index is -0.681. The summed E-state index contributed by atoms with van der Waals surface area (Å²) in [6, 6.07) is 2.15. The van der Waals surface area contributed by atoms with Crippen molar-refractivity contribution in [1.82, 2.24) is 15.0 Å². The molecule has 1 fully saturated rings. The molecule has 0 aromatic carbocycles. The molecule has 0 N–H and O–H groups in total. The molecule has 0 bridgehead atoms. The molecule has 3 rings (SSSR count). The molecule has 0 spiro atoms. The number of carbonyl (C=O) groups excluding carboxylic acids is 1. The van der Waals surface area contributed by atoms with Gasteiger partial charge < -0.3 is 13.8 Å². The number of hydrogen-bond donors (Lipinski definition) is 0. The average Bonchev–Trinajstić information content (AvgIpc) is 3.17. The highest BCUT2D eigenvalue weighted by Crippen LogP contribution is 2.32. The second-order valence-electron chi connectivity index (χ2n) is 4.73. The lowest BCUT2D eigenvalue weighted by molar-refractivity contribution is -0.402. The van der Waals surface area contributed by atoms with Crippen LogP contribution in [0, 0.1) is 17.0 Å². The molecular formula is C12H12N4O5. The molecule has 1 aliphatic rings. The third-order valence-corrected chi connectivity index (χ3v) is 3.32. The molecule has 0 radical (unpaired) electrons. The van der Waals surface area contributed by atoms with Crippen LogP contribution in [0.2, 0.25) is 0 Å². The number of carbonyl (C=O) groups is 1. The largest absolute Gasteiger partial charge is 0.433 e.